The van der Waals surface area contributed by atoms with Crippen LogP contribution in [0.15, 0.2) is 35.1 Å². The normalized spacial score (nSPS) is 12.2. The van der Waals surface area contributed by atoms with Gasteiger partial charge in [0.05, 0.1) is 5.56 Å². The van der Waals surface area contributed by atoms with Crippen molar-refractivity contribution < 1.29 is 35.9 Å². The molecule has 0 bridgehead atoms. The molecule has 1 amide bonds. The Morgan fingerprint density at radius 1 is 1.18 bits per heavy atom. The number of rotatable bonds is 7. The monoisotopic (exact) mass is 494 g/mol. The fourth-order valence-electron chi connectivity index (χ4n) is 2.66. The van der Waals surface area contributed by atoms with Crippen LogP contribution in [0.4, 0.5) is 32.0 Å². The van der Waals surface area contributed by atoms with Crippen LogP contribution in [0.5, 0.6) is 5.75 Å². The molecule has 3 aromatic rings. The van der Waals surface area contributed by atoms with E-state index in [1.54, 1.807) is 0 Å². The number of hydrogen-bond acceptors (Lipinski definition) is 4. The molecule has 2 aromatic carbocycles. The minimum atomic E-state index is -3.35. The van der Waals surface area contributed by atoms with Gasteiger partial charge in [0.2, 0.25) is 5.28 Å². The Morgan fingerprint density at radius 2 is 1.82 bits per heavy atom. The van der Waals surface area contributed by atoms with Crippen molar-refractivity contribution in [3.05, 3.63) is 69.1 Å². The van der Waals surface area contributed by atoms with E-state index in [0.717, 1.165) is 22.8 Å². The number of nitrogens with zero attached hydrogens (tertiary/aromatic N) is 3. The number of halogens is 7. The third kappa shape index (κ3) is 4.82. The van der Waals surface area contributed by atoms with Crippen LogP contribution in [0.1, 0.15) is 10.4 Å². The first-order chi connectivity index (χ1) is 15.5. The summed E-state index contributed by atoms with van der Waals surface area (Å²) in [6.07, 6.45) is -5.72. The second-order valence-corrected chi connectivity index (χ2v) is 6.86. The second kappa shape index (κ2) is 9.57. The van der Waals surface area contributed by atoms with Crippen molar-refractivity contribution in [3.8, 4) is 11.4 Å². The summed E-state index contributed by atoms with van der Waals surface area (Å²) in [6, 6.07) is 3.76. The molecule has 0 aliphatic carbocycles. The quantitative estimate of drug-likeness (QED) is 0.506. The topological polar surface area (TPSA) is 78.2 Å². The van der Waals surface area contributed by atoms with Crippen molar-refractivity contribution in [2.24, 2.45) is 7.05 Å². The summed E-state index contributed by atoms with van der Waals surface area (Å²) < 4.78 is 87.9. The van der Waals surface area contributed by atoms with E-state index in [1.807, 2.05) is 5.32 Å². The number of benzene rings is 2. The average Bonchev–Trinajstić information content (AvgIpc) is 3.02. The van der Waals surface area contributed by atoms with Gasteiger partial charge in [-0.1, -0.05) is 6.07 Å². The molecule has 0 saturated heterocycles. The molecule has 176 valence electrons. The summed E-state index contributed by atoms with van der Waals surface area (Å²) >= 11 is 5.72. The number of hydrogen-bond donors (Lipinski definition) is 1. The van der Waals surface area contributed by atoms with Crippen molar-refractivity contribution in [3.63, 3.8) is 0 Å². The number of nitrogens with one attached hydrogen (secondary N) is 1. The van der Waals surface area contributed by atoms with Crippen LogP contribution in [0.2, 0.25) is 5.28 Å². The fraction of sp³-hybridized carbons (Fsp3) is 0.211. The molecule has 0 radical (unpaired) electrons. The third-order valence-electron chi connectivity index (χ3n) is 4.36. The van der Waals surface area contributed by atoms with Crippen molar-refractivity contribution in [1.82, 2.24) is 14.3 Å². The highest BCUT2D eigenvalue weighted by atomic mass is 35.5. The van der Waals surface area contributed by atoms with Crippen LogP contribution in [0.25, 0.3) is 5.69 Å². The van der Waals surface area contributed by atoms with Crippen LogP contribution in [0, 0.1) is 17.5 Å². The first kappa shape index (κ1) is 24.2. The number of alkyl halides is 3. The van der Waals surface area contributed by atoms with E-state index in [9.17, 15) is 35.9 Å². The maximum absolute atomic E-state index is 14.8. The highest BCUT2D eigenvalue weighted by Gasteiger charge is 2.28. The predicted molar refractivity (Wildman–Crippen MR) is 104 cm³/mol. The van der Waals surface area contributed by atoms with E-state index in [1.165, 1.54) is 7.05 Å². The largest absolute Gasteiger partial charge is 0.481 e. The lowest BCUT2D eigenvalue weighted by molar-refractivity contribution is -0.00158. The minimum absolute atomic E-state index is 0.354. The Morgan fingerprint density at radius 3 is 2.33 bits per heavy atom. The standard InChI is InChI=1S/C19H13ClF6N4O3/c1-29-18(20)28-30(19(29)32)12-6-13(33-14(7-21)16(25)26)8(5-11(12)24)17(31)27-15-9(22)3-2-4-10(15)23/h2-6,14,16H,7H2,1H3,(H,27,31)/t14-/m0/s1. The zero-order chi connectivity index (χ0) is 24.4. The molecule has 0 saturated carbocycles. The molecular weight excluding hydrogens is 482 g/mol. The number of ether oxygens (including phenoxy) is 1. The van der Waals surface area contributed by atoms with E-state index in [2.05, 4.69) is 5.10 Å². The maximum Gasteiger partial charge on any atom is 0.351 e. The van der Waals surface area contributed by atoms with Gasteiger partial charge in [0.1, 0.15) is 41.3 Å². The van der Waals surface area contributed by atoms with Gasteiger partial charge >= 0.3 is 5.69 Å². The lowest BCUT2D eigenvalue weighted by Gasteiger charge is -2.19. The molecule has 0 spiro atoms. The number of carbonyl (C=O) groups excluding carboxylic acids is 1. The summed E-state index contributed by atoms with van der Waals surface area (Å²) in [5, 5.41) is 5.08. The lowest BCUT2D eigenvalue weighted by atomic mass is 10.1. The van der Waals surface area contributed by atoms with E-state index in [-0.39, 0.29) is 5.28 Å². The minimum Gasteiger partial charge on any atom is -0.481 e. The molecule has 14 heteroatoms. The van der Waals surface area contributed by atoms with E-state index < -0.39 is 70.9 Å². The van der Waals surface area contributed by atoms with Gasteiger partial charge in [0.25, 0.3) is 12.3 Å². The van der Waals surface area contributed by atoms with Crippen molar-refractivity contribution in [2.45, 2.75) is 12.5 Å². The summed E-state index contributed by atoms with van der Waals surface area (Å²) in [4.78, 5) is 24.8. The zero-order valence-corrected chi connectivity index (χ0v) is 17.2. The summed E-state index contributed by atoms with van der Waals surface area (Å²) in [5.41, 5.74) is -3.32. The Labute approximate surface area is 186 Å². The number of anilines is 1. The molecule has 1 atom stereocenters. The maximum atomic E-state index is 14.8. The molecule has 33 heavy (non-hydrogen) atoms. The van der Waals surface area contributed by atoms with Crippen LogP contribution in [-0.4, -0.2) is 39.5 Å². The summed E-state index contributed by atoms with van der Waals surface area (Å²) in [5.74, 6) is -5.79. The first-order valence-electron chi connectivity index (χ1n) is 8.96. The van der Waals surface area contributed by atoms with E-state index in [4.69, 9.17) is 16.3 Å². The number of para-hydroxylation sites is 1. The van der Waals surface area contributed by atoms with Crippen molar-refractivity contribution in [1.29, 1.82) is 0 Å². The van der Waals surface area contributed by atoms with Gasteiger partial charge < -0.3 is 10.1 Å². The van der Waals surface area contributed by atoms with Crippen LogP contribution in [-0.2, 0) is 7.05 Å². The second-order valence-electron chi connectivity index (χ2n) is 6.52. The molecule has 1 N–H and O–H groups in total. The molecule has 0 unspecified atom stereocenters. The van der Waals surface area contributed by atoms with Crippen molar-refractivity contribution in [2.75, 3.05) is 12.0 Å². The molecule has 0 fully saturated rings. The molecule has 0 aliphatic heterocycles. The molecule has 7 nitrogen and oxygen atoms in total. The lowest BCUT2D eigenvalue weighted by Crippen LogP contribution is -2.29. The highest BCUT2D eigenvalue weighted by molar-refractivity contribution is 6.28. The van der Waals surface area contributed by atoms with Crippen LogP contribution < -0.4 is 15.7 Å². The number of amides is 1. The molecule has 1 heterocycles. The van der Waals surface area contributed by atoms with E-state index in [0.29, 0.717) is 16.8 Å². The van der Waals surface area contributed by atoms with Gasteiger partial charge in [-0.15, -0.1) is 5.10 Å². The van der Waals surface area contributed by atoms with Gasteiger partial charge in [-0.25, -0.2) is 31.1 Å². The third-order valence-corrected chi connectivity index (χ3v) is 4.69. The number of carbonyl (C=O) groups is 1. The Bertz CT molecular complexity index is 1240. The first-order valence-corrected chi connectivity index (χ1v) is 9.34. The SMILES string of the molecule is Cn1c(Cl)nn(-c2cc(O[C@@H](CF)C(F)F)c(C(=O)Nc3c(F)cccc3F)cc2F)c1=O. The van der Waals surface area contributed by atoms with Gasteiger partial charge in [0.15, 0.2) is 6.10 Å². The fourth-order valence-corrected chi connectivity index (χ4v) is 2.81. The van der Waals surface area contributed by atoms with Gasteiger partial charge in [0, 0.05) is 13.1 Å². The van der Waals surface area contributed by atoms with Gasteiger partial charge in [-0.05, 0) is 29.8 Å². The van der Waals surface area contributed by atoms with Gasteiger partial charge in [-0.2, -0.15) is 4.68 Å². The van der Waals surface area contributed by atoms with Crippen molar-refractivity contribution >= 4 is 23.2 Å². The smallest absolute Gasteiger partial charge is 0.351 e. The van der Waals surface area contributed by atoms with E-state index >= 15 is 0 Å². The van der Waals surface area contributed by atoms with Crippen LogP contribution in [0.3, 0.4) is 0 Å². The van der Waals surface area contributed by atoms with Gasteiger partial charge in [-0.3, -0.25) is 9.36 Å². The molecule has 1 aromatic heterocycles. The molecule has 3 rings (SSSR count). The Hall–Kier alpha value is -3.48. The molecule has 0 aliphatic rings. The highest BCUT2D eigenvalue weighted by Crippen LogP contribution is 2.29. The summed E-state index contributed by atoms with van der Waals surface area (Å²) in [6.45, 7) is -1.69. The van der Waals surface area contributed by atoms with Crippen LogP contribution >= 0.6 is 11.6 Å². The Balaban J connectivity index is 2.13. The predicted octanol–water partition coefficient (Wildman–Crippen LogP) is 3.88. The summed E-state index contributed by atoms with van der Waals surface area (Å²) in [7, 11) is 1.21. The number of aromatic nitrogens is 3. The molecular formula is C19H13ClF6N4O3. The Kier molecular flexibility index (Phi) is 7.01. The average molecular weight is 495 g/mol. The zero-order valence-electron chi connectivity index (χ0n) is 16.5.